The Morgan fingerprint density at radius 2 is 0.838 bits per heavy atom. The van der Waals surface area contributed by atoms with Crippen LogP contribution >= 0.6 is 0 Å². The van der Waals surface area contributed by atoms with Crippen molar-refractivity contribution in [3.05, 3.63) is 0 Å². The van der Waals surface area contributed by atoms with Crippen molar-refractivity contribution in [3.8, 4) is 0 Å². The molecule has 68 heavy (non-hydrogen) atoms. The lowest BCUT2D eigenvalue weighted by molar-refractivity contribution is -0.379. The van der Waals surface area contributed by atoms with Crippen molar-refractivity contribution in [2.75, 3.05) is 26.4 Å². The minimum absolute atomic E-state index is 0.246. The summed E-state index contributed by atoms with van der Waals surface area (Å²) >= 11 is 0. The van der Waals surface area contributed by atoms with Gasteiger partial charge in [-0.25, -0.2) is 0 Å². The Balaban J connectivity index is 1.50. The number of rotatable bonds is 37. The van der Waals surface area contributed by atoms with Crippen LogP contribution in [-0.2, 0) is 33.2 Å². The second-order valence-electron chi connectivity index (χ2n) is 19.4. The second-order valence-corrected chi connectivity index (χ2v) is 19.4. The van der Waals surface area contributed by atoms with Gasteiger partial charge in [0.1, 0.15) is 73.2 Å². The first kappa shape index (κ1) is 61.1. The summed E-state index contributed by atoms with van der Waals surface area (Å²) in [5, 5.41) is 119. The summed E-state index contributed by atoms with van der Waals surface area (Å²) in [5.41, 5.74) is 0. The number of unbranched alkanes of at least 4 members (excludes halogenated alkanes) is 21. The van der Waals surface area contributed by atoms with Crippen LogP contribution < -0.4 is 5.32 Å². The SMILES string of the molecule is CCCCCCCCCCCCCCCCCCC(=O)NC(COC1OC(CO)C(OC2OC(CO)C(OC3OC(CO)C(O)C(O)C3O)C(O)C2O)C(O)C1O)C(O)CCCCCCCCC. The van der Waals surface area contributed by atoms with Crippen molar-refractivity contribution < 1.29 is 89.4 Å². The Labute approximate surface area is 404 Å². The average Bonchev–Trinajstić information content (AvgIpc) is 3.33. The molecule has 0 radical (unpaired) electrons. The molecule has 3 saturated heterocycles. The molecule has 0 saturated carbocycles. The zero-order valence-electron chi connectivity index (χ0n) is 41.1. The molecule has 0 aliphatic carbocycles. The van der Waals surface area contributed by atoms with Crippen molar-refractivity contribution in [1.29, 1.82) is 0 Å². The summed E-state index contributed by atoms with van der Waals surface area (Å²) in [7, 11) is 0. The van der Waals surface area contributed by atoms with Gasteiger partial charge in [0.15, 0.2) is 18.9 Å². The van der Waals surface area contributed by atoms with E-state index < -0.39 is 124 Å². The molecule has 0 aromatic rings. The topological polar surface area (TPSA) is 307 Å². The smallest absolute Gasteiger partial charge is 0.220 e. The monoisotopic (exact) mass is 984 g/mol. The highest BCUT2D eigenvalue weighted by Gasteiger charge is 2.53. The van der Waals surface area contributed by atoms with Gasteiger partial charge in [-0.3, -0.25) is 4.79 Å². The maximum atomic E-state index is 13.2. The number of aliphatic hydroxyl groups is 11. The lowest BCUT2D eigenvalue weighted by atomic mass is 9.96. The summed E-state index contributed by atoms with van der Waals surface area (Å²) in [6.07, 6.45) is 0.998. The van der Waals surface area contributed by atoms with E-state index in [-0.39, 0.29) is 18.9 Å². The lowest BCUT2D eigenvalue weighted by Crippen LogP contribution is -2.66. The molecule has 0 aromatic carbocycles. The van der Waals surface area contributed by atoms with Crippen LogP contribution in [0, 0.1) is 0 Å². The Hall–Kier alpha value is -1.21. The van der Waals surface area contributed by atoms with Crippen LogP contribution in [0.3, 0.4) is 0 Å². The molecule has 3 heterocycles. The van der Waals surface area contributed by atoms with Crippen molar-refractivity contribution in [1.82, 2.24) is 5.32 Å². The molecule has 0 aromatic heterocycles. The number of hydrogen-bond acceptors (Lipinski definition) is 18. The van der Waals surface area contributed by atoms with E-state index in [0.717, 1.165) is 57.8 Å². The third-order valence-electron chi connectivity index (χ3n) is 13.7. The third-order valence-corrected chi connectivity index (χ3v) is 13.7. The van der Waals surface area contributed by atoms with E-state index in [1.54, 1.807) is 0 Å². The number of hydrogen-bond donors (Lipinski definition) is 12. The first-order valence-electron chi connectivity index (χ1n) is 26.3. The fourth-order valence-corrected chi connectivity index (χ4v) is 9.25. The number of aliphatic hydroxyl groups excluding tert-OH is 11. The van der Waals surface area contributed by atoms with Gasteiger partial charge < -0.3 is 89.9 Å². The molecule has 0 bridgehead atoms. The largest absolute Gasteiger partial charge is 0.394 e. The van der Waals surface area contributed by atoms with Gasteiger partial charge in [-0.15, -0.1) is 0 Å². The van der Waals surface area contributed by atoms with E-state index >= 15 is 0 Å². The standard InChI is InChI=1S/C49H93NO18/c1-3-5-7-9-11-12-13-14-15-16-17-18-19-21-23-25-27-37(55)50-32(33(54)26-24-22-20-10-8-6-4-2)31-63-47-43(61)40(58)45(35(29-52)65-47)68-49-44(62)41(59)46(36(30-53)66-49)67-48-42(60)39(57)38(56)34(28-51)64-48/h32-36,38-49,51-54,56-62H,3-31H2,1-2H3,(H,50,55). The normalized spacial score (nSPS) is 33.1. The van der Waals surface area contributed by atoms with Crippen LogP contribution in [0.15, 0.2) is 0 Å². The van der Waals surface area contributed by atoms with Gasteiger partial charge in [0.2, 0.25) is 5.91 Å². The van der Waals surface area contributed by atoms with E-state index in [9.17, 15) is 61.0 Å². The van der Waals surface area contributed by atoms with Crippen LogP contribution in [0.4, 0.5) is 0 Å². The van der Waals surface area contributed by atoms with Gasteiger partial charge in [-0.05, 0) is 12.8 Å². The number of nitrogens with one attached hydrogen (secondary N) is 1. The highest BCUT2D eigenvalue weighted by Crippen LogP contribution is 2.33. The van der Waals surface area contributed by atoms with Gasteiger partial charge in [-0.1, -0.05) is 155 Å². The summed E-state index contributed by atoms with van der Waals surface area (Å²) in [6, 6.07) is -0.876. The highest BCUT2D eigenvalue weighted by atomic mass is 16.8. The maximum Gasteiger partial charge on any atom is 0.220 e. The van der Waals surface area contributed by atoms with Crippen molar-refractivity contribution in [2.45, 2.75) is 279 Å². The van der Waals surface area contributed by atoms with E-state index in [1.165, 1.54) is 83.5 Å². The first-order chi connectivity index (χ1) is 32.8. The minimum atomic E-state index is -1.97. The summed E-state index contributed by atoms with van der Waals surface area (Å²) in [6.45, 7) is 1.71. The molecule has 19 nitrogen and oxygen atoms in total. The number of carbonyl (C=O) groups is 1. The Morgan fingerprint density at radius 1 is 0.471 bits per heavy atom. The summed E-state index contributed by atoms with van der Waals surface area (Å²) < 4.78 is 34.1. The fourth-order valence-electron chi connectivity index (χ4n) is 9.25. The quantitative estimate of drug-likeness (QED) is 0.0397. The van der Waals surface area contributed by atoms with Crippen LogP contribution in [0.1, 0.15) is 174 Å². The number of ether oxygens (including phenoxy) is 6. The molecule has 19 heteroatoms. The van der Waals surface area contributed by atoms with E-state index in [1.807, 2.05) is 0 Å². The molecule has 3 aliphatic heterocycles. The predicted octanol–water partition coefficient (Wildman–Crippen LogP) is 2.09. The van der Waals surface area contributed by atoms with E-state index in [2.05, 4.69) is 19.2 Å². The molecule has 0 spiro atoms. The summed E-state index contributed by atoms with van der Waals surface area (Å²) in [5.74, 6) is -0.246. The molecule has 1 amide bonds. The zero-order valence-corrected chi connectivity index (χ0v) is 41.1. The van der Waals surface area contributed by atoms with Crippen LogP contribution in [0.5, 0.6) is 0 Å². The zero-order chi connectivity index (χ0) is 49.8. The molecule has 3 rings (SSSR count). The van der Waals surface area contributed by atoms with E-state index in [4.69, 9.17) is 28.4 Å². The van der Waals surface area contributed by atoms with Gasteiger partial charge in [-0.2, -0.15) is 0 Å². The Morgan fingerprint density at radius 3 is 1.28 bits per heavy atom. The molecule has 17 unspecified atom stereocenters. The van der Waals surface area contributed by atoms with Gasteiger partial charge in [0.05, 0.1) is 38.6 Å². The van der Waals surface area contributed by atoms with Crippen LogP contribution in [-0.4, -0.2) is 193 Å². The molecule has 17 atom stereocenters. The number of carbonyl (C=O) groups excluding carboxylic acids is 1. The van der Waals surface area contributed by atoms with Gasteiger partial charge in [0.25, 0.3) is 0 Å². The molecule has 12 N–H and O–H groups in total. The second kappa shape index (κ2) is 35.0. The predicted molar refractivity (Wildman–Crippen MR) is 250 cm³/mol. The molecule has 402 valence electrons. The fraction of sp³-hybridized carbons (Fsp3) is 0.980. The van der Waals surface area contributed by atoms with Gasteiger partial charge >= 0.3 is 0 Å². The Kier molecular flexibility index (Phi) is 31.5. The first-order valence-corrected chi connectivity index (χ1v) is 26.3. The molecule has 3 aliphatic rings. The van der Waals surface area contributed by atoms with Crippen molar-refractivity contribution in [3.63, 3.8) is 0 Å². The molecular weight excluding hydrogens is 891 g/mol. The van der Waals surface area contributed by atoms with Crippen LogP contribution in [0.2, 0.25) is 0 Å². The lowest BCUT2D eigenvalue weighted by Gasteiger charge is -2.48. The maximum absolute atomic E-state index is 13.2. The minimum Gasteiger partial charge on any atom is -0.394 e. The highest BCUT2D eigenvalue weighted by molar-refractivity contribution is 5.76. The Bertz CT molecular complexity index is 1270. The van der Waals surface area contributed by atoms with Crippen molar-refractivity contribution >= 4 is 5.91 Å². The number of amides is 1. The van der Waals surface area contributed by atoms with Gasteiger partial charge in [0, 0.05) is 6.42 Å². The van der Waals surface area contributed by atoms with Crippen LogP contribution in [0.25, 0.3) is 0 Å². The average molecular weight is 984 g/mol. The van der Waals surface area contributed by atoms with E-state index in [0.29, 0.717) is 12.8 Å². The molecular formula is C49H93NO18. The van der Waals surface area contributed by atoms with Crippen molar-refractivity contribution in [2.24, 2.45) is 0 Å². The molecule has 3 fully saturated rings. The third kappa shape index (κ3) is 20.7. The summed E-state index contributed by atoms with van der Waals surface area (Å²) in [4.78, 5) is 13.2.